The molecule has 0 spiro atoms. The monoisotopic (exact) mass is 355 g/mol. The van der Waals surface area contributed by atoms with Crippen molar-refractivity contribution < 1.29 is 17.9 Å². The van der Waals surface area contributed by atoms with E-state index in [1.165, 1.54) is 6.07 Å². The molecule has 124 valence electrons. The van der Waals surface area contributed by atoms with E-state index in [9.17, 15) is 13.2 Å². The van der Waals surface area contributed by atoms with Crippen LogP contribution in [0.4, 0.5) is 0 Å². The van der Waals surface area contributed by atoms with Crippen LogP contribution in [-0.2, 0) is 19.6 Å². The summed E-state index contributed by atoms with van der Waals surface area (Å²) in [5, 5.41) is 1.49. The van der Waals surface area contributed by atoms with E-state index in [-0.39, 0.29) is 11.5 Å². The van der Waals surface area contributed by atoms with Crippen LogP contribution in [0.3, 0.4) is 0 Å². The van der Waals surface area contributed by atoms with Crippen molar-refractivity contribution in [2.24, 2.45) is 0 Å². The Bertz CT molecular complexity index is 800. The van der Waals surface area contributed by atoms with E-state index in [1.54, 1.807) is 30.3 Å². The number of ether oxygens (including phenoxy) is 1. The van der Waals surface area contributed by atoms with Gasteiger partial charge in [-0.1, -0.05) is 49.2 Å². The molecule has 0 aliphatic carbocycles. The number of sulfonamides is 1. The van der Waals surface area contributed by atoms with Gasteiger partial charge in [-0.05, 0) is 23.9 Å². The van der Waals surface area contributed by atoms with E-state index in [4.69, 9.17) is 16.3 Å². The second-order valence-electron chi connectivity index (χ2n) is 4.99. The fraction of sp³-hybridized carbons (Fsp3) is 0.312. The quantitative estimate of drug-likeness (QED) is 0.611. The summed E-state index contributed by atoms with van der Waals surface area (Å²) in [6.45, 7) is 1.85. The van der Waals surface area contributed by atoms with Crippen molar-refractivity contribution in [1.82, 2.24) is 4.72 Å². The van der Waals surface area contributed by atoms with Crippen LogP contribution in [-0.4, -0.2) is 27.5 Å². The summed E-state index contributed by atoms with van der Waals surface area (Å²) in [5.41, 5.74) is 0. The second kappa shape index (κ2) is 7.77. The van der Waals surface area contributed by atoms with Gasteiger partial charge in [0.15, 0.2) is 0 Å². The zero-order valence-electron chi connectivity index (χ0n) is 12.7. The molecule has 0 heterocycles. The Morgan fingerprint density at radius 3 is 2.61 bits per heavy atom. The molecule has 2 aromatic rings. The third-order valence-electron chi connectivity index (χ3n) is 3.27. The third-order valence-corrected chi connectivity index (χ3v) is 5.03. The Morgan fingerprint density at radius 2 is 1.91 bits per heavy atom. The molecule has 0 saturated carbocycles. The zero-order valence-corrected chi connectivity index (χ0v) is 14.3. The van der Waals surface area contributed by atoms with Crippen LogP contribution >= 0.6 is 11.6 Å². The predicted molar refractivity (Wildman–Crippen MR) is 90.0 cm³/mol. The lowest BCUT2D eigenvalue weighted by atomic mass is 10.1. The highest BCUT2D eigenvalue weighted by molar-refractivity contribution is 7.89. The third kappa shape index (κ3) is 4.43. The molecule has 2 aromatic carbocycles. The molecular formula is C16H18ClNO4S. The first-order valence-electron chi connectivity index (χ1n) is 7.28. The standard InChI is InChI=1S/C16H18ClNO4S/c1-2-3-10-22-15(19)11-18-23(20,21)14-9-5-7-12-6-4-8-13(17)16(12)14/h4-9,18H,2-3,10-11H2,1H3. The minimum atomic E-state index is -3.87. The Hall–Kier alpha value is -1.63. The van der Waals surface area contributed by atoms with E-state index in [0.717, 1.165) is 12.8 Å². The molecule has 1 N–H and O–H groups in total. The molecular weight excluding hydrogens is 338 g/mol. The van der Waals surface area contributed by atoms with Crippen molar-refractivity contribution in [2.45, 2.75) is 24.7 Å². The molecule has 7 heteroatoms. The van der Waals surface area contributed by atoms with Crippen molar-refractivity contribution in [2.75, 3.05) is 13.2 Å². The SMILES string of the molecule is CCCCOC(=O)CNS(=O)(=O)c1cccc2cccc(Cl)c12. The molecule has 0 amide bonds. The van der Waals surface area contributed by atoms with Crippen LogP contribution in [0.25, 0.3) is 10.8 Å². The topological polar surface area (TPSA) is 72.5 Å². The number of hydrogen-bond donors (Lipinski definition) is 1. The smallest absolute Gasteiger partial charge is 0.321 e. The van der Waals surface area contributed by atoms with Gasteiger partial charge in [-0.15, -0.1) is 0 Å². The van der Waals surface area contributed by atoms with Crippen molar-refractivity contribution in [3.05, 3.63) is 41.4 Å². The van der Waals surface area contributed by atoms with Gasteiger partial charge in [-0.2, -0.15) is 4.72 Å². The number of unbranched alkanes of at least 4 members (excludes halogenated alkanes) is 1. The van der Waals surface area contributed by atoms with E-state index >= 15 is 0 Å². The van der Waals surface area contributed by atoms with Crippen LogP contribution < -0.4 is 4.72 Å². The minimum absolute atomic E-state index is 0.0435. The highest BCUT2D eigenvalue weighted by Crippen LogP contribution is 2.29. The fourth-order valence-corrected chi connectivity index (χ4v) is 3.66. The first-order chi connectivity index (χ1) is 11.0. The van der Waals surface area contributed by atoms with E-state index in [1.807, 2.05) is 6.92 Å². The highest BCUT2D eigenvalue weighted by Gasteiger charge is 2.20. The average Bonchev–Trinajstić information content (AvgIpc) is 2.53. The lowest BCUT2D eigenvalue weighted by molar-refractivity contribution is -0.142. The molecule has 0 aliphatic rings. The zero-order chi connectivity index (χ0) is 16.9. The molecule has 0 aliphatic heterocycles. The molecule has 0 bridgehead atoms. The number of rotatable bonds is 7. The largest absolute Gasteiger partial charge is 0.465 e. The maximum Gasteiger partial charge on any atom is 0.321 e. The number of benzene rings is 2. The van der Waals surface area contributed by atoms with Gasteiger partial charge >= 0.3 is 5.97 Å². The van der Waals surface area contributed by atoms with E-state index in [2.05, 4.69) is 4.72 Å². The number of carbonyl (C=O) groups is 1. The van der Waals surface area contributed by atoms with Crippen molar-refractivity contribution in [1.29, 1.82) is 0 Å². The van der Waals surface area contributed by atoms with Crippen molar-refractivity contribution in [3.8, 4) is 0 Å². The normalized spacial score (nSPS) is 11.6. The van der Waals surface area contributed by atoms with Crippen LogP contribution in [0.2, 0.25) is 5.02 Å². The minimum Gasteiger partial charge on any atom is -0.465 e. The van der Waals surface area contributed by atoms with Gasteiger partial charge in [-0.3, -0.25) is 4.79 Å². The van der Waals surface area contributed by atoms with Gasteiger partial charge in [0.25, 0.3) is 0 Å². The van der Waals surface area contributed by atoms with Crippen LogP contribution in [0, 0.1) is 0 Å². The number of esters is 1. The molecule has 0 atom stereocenters. The van der Waals surface area contributed by atoms with Gasteiger partial charge in [0.2, 0.25) is 10.0 Å². The molecule has 5 nitrogen and oxygen atoms in total. The highest BCUT2D eigenvalue weighted by atomic mass is 35.5. The maximum absolute atomic E-state index is 12.5. The molecule has 0 fully saturated rings. The number of fused-ring (bicyclic) bond motifs is 1. The summed E-state index contributed by atoms with van der Waals surface area (Å²) in [6.07, 6.45) is 1.64. The number of hydrogen-bond acceptors (Lipinski definition) is 4. The molecule has 2 rings (SSSR count). The van der Waals surface area contributed by atoms with E-state index in [0.29, 0.717) is 15.8 Å². The predicted octanol–water partition coefficient (Wildman–Crippen LogP) is 3.11. The lowest BCUT2D eigenvalue weighted by Crippen LogP contribution is -2.31. The van der Waals surface area contributed by atoms with Gasteiger partial charge in [0, 0.05) is 10.4 Å². The Kier molecular flexibility index (Phi) is 5.98. The summed E-state index contributed by atoms with van der Waals surface area (Å²) in [5.74, 6) is -0.603. The van der Waals surface area contributed by atoms with E-state index < -0.39 is 22.5 Å². The Balaban J connectivity index is 2.19. The van der Waals surface area contributed by atoms with Crippen LogP contribution in [0.1, 0.15) is 19.8 Å². The maximum atomic E-state index is 12.5. The average molecular weight is 356 g/mol. The number of halogens is 1. The second-order valence-corrected chi connectivity index (χ2v) is 7.14. The lowest BCUT2D eigenvalue weighted by Gasteiger charge is -2.10. The van der Waals surface area contributed by atoms with Gasteiger partial charge in [0.05, 0.1) is 11.5 Å². The summed E-state index contributed by atoms with van der Waals surface area (Å²) in [4.78, 5) is 11.6. The Labute approximate surface area is 140 Å². The molecule has 23 heavy (non-hydrogen) atoms. The molecule has 0 unspecified atom stereocenters. The molecule has 0 aromatic heterocycles. The summed E-state index contributed by atoms with van der Waals surface area (Å²) < 4.78 is 32.1. The number of nitrogens with one attached hydrogen (secondary N) is 1. The molecule has 0 saturated heterocycles. The van der Waals surface area contributed by atoms with Gasteiger partial charge < -0.3 is 4.74 Å². The summed E-state index contributed by atoms with van der Waals surface area (Å²) >= 11 is 6.13. The first-order valence-corrected chi connectivity index (χ1v) is 9.14. The van der Waals surface area contributed by atoms with Crippen molar-refractivity contribution >= 4 is 38.4 Å². The summed E-state index contributed by atoms with van der Waals surface area (Å²) in [6, 6.07) is 10.0. The summed E-state index contributed by atoms with van der Waals surface area (Å²) in [7, 11) is -3.87. The van der Waals surface area contributed by atoms with Crippen molar-refractivity contribution in [3.63, 3.8) is 0 Å². The van der Waals surface area contributed by atoms with Gasteiger partial charge in [0.1, 0.15) is 6.54 Å². The fourth-order valence-electron chi connectivity index (χ4n) is 2.10. The first kappa shape index (κ1) is 17.7. The van der Waals surface area contributed by atoms with Gasteiger partial charge in [-0.25, -0.2) is 8.42 Å². The number of carbonyl (C=O) groups excluding carboxylic acids is 1. The van der Waals surface area contributed by atoms with Crippen LogP contribution in [0.15, 0.2) is 41.3 Å². The van der Waals surface area contributed by atoms with Crippen LogP contribution in [0.5, 0.6) is 0 Å². The molecule has 0 radical (unpaired) electrons. The Morgan fingerprint density at radius 1 is 1.22 bits per heavy atom.